The van der Waals surface area contributed by atoms with Gasteiger partial charge in [-0.15, -0.1) is 11.3 Å². The number of nitrogens with zero attached hydrogens (tertiary/aromatic N) is 1. The maximum Gasteiger partial charge on any atom is 0.0843 e. The van der Waals surface area contributed by atoms with Crippen LogP contribution in [0.25, 0.3) is 0 Å². The molecule has 2 rings (SSSR count). The Labute approximate surface area is 124 Å². The van der Waals surface area contributed by atoms with Crippen molar-refractivity contribution in [2.45, 2.75) is 32.4 Å². The van der Waals surface area contributed by atoms with Crippen molar-refractivity contribution in [2.75, 3.05) is 19.6 Å². The quantitative estimate of drug-likeness (QED) is 0.833. The van der Waals surface area contributed by atoms with Gasteiger partial charge in [0.2, 0.25) is 0 Å². The summed E-state index contributed by atoms with van der Waals surface area (Å²) >= 11 is 8.84. The van der Waals surface area contributed by atoms with Crippen LogP contribution in [0.5, 0.6) is 0 Å². The van der Waals surface area contributed by atoms with Gasteiger partial charge in [-0.2, -0.15) is 0 Å². The summed E-state index contributed by atoms with van der Waals surface area (Å²) < 4.78 is 2.34. The zero-order valence-corrected chi connectivity index (χ0v) is 14.0. The van der Waals surface area contributed by atoms with Crippen LogP contribution >= 0.6 is 43.2 Å². The molecule has 1 aromatic rings. The summed E-state index contributed by atoms with van der Waals surface area (Å²) in [6.45, 7) is 6.97. The molecule has 5 heteroatoms. The number of hydrogen-bond donors (Lipinski definition) is 1. The minimum Gasteiger partial charge on any atom is -0.308 e. The lowest BCUT2D eigenvalue weighted by molar-refractivity contribution is 0.298. The van der Waals surface area contributed by atoms with E-state index < -0.39 is 0 Å². The van der Waals surface area contributed by atoms with Crippen LogP contribution in [0.1, 0.15) is 24.6 Å². The third kappa shape index (κ3) is 4.31. The minimum absolute atomic E-state index is 0.563. The molecular weight excluding hydrogens is 364 g/mol. The second-order valence-electron chi connectivity index (χ2n) is 4.62. The molecule has 0 radical (unpaired) electrons. The standard InChI is InChI=1S/C12H18Br2N2S/c1-9(8-16-4-2-3-5-16)15-7-10-6-11(13)12(14)17-10/h6,9,15H,2-5,7-8H2,1H3. The van der Waals surface area contributed by atoms with E-state index in [9.17, 15) is 0 Å². The monoisotopic (exact) mass is 380 g/mol. The Morgan fingerprint density at radius 1 is 1.41 bits per heavy atom. The van der Waals surface area contributed by atoms with Crippen LogP contribution in [0.4, 0.5) is 0 Å². The first-order valence-corrected chi connectivity index (χ1v) is 8.45. The smallest absolute Gasteiger partial charge is 0.0843 e. The average Bonchev–Trinajstić information content (AvgIpc) is 2.87. The molecular formula is C12H18Br2N2S. The van der Waals surface area contributed by atoms with E-state index in [0.717, 1.165) is 11.0 Å². The molecule has 0 amide bonds. The topological polar surface area (TPSA) is 15.3 Å². The molecule has 0 spiro atoms. The van der Waals surface area contributed by atoms with E-state index in [-0.39, 0.29) is 0 Å². The Hall–Kier alpha value is 0.580. The third-order valence-corrected chi connectivity index (χ3v) is 6.31. The number of thiophene rings is 1. The molecule has 1 aliphatic heterocycles. The van der Waals surface area contributed by atoms with Crippen LogP contribution < -0.4 is 5.32 Å². The molecule has 1 fully saturated rings. The lowest BCUT2D eigenvalue weighted by atomic mass is 10.3. The molecule has 1 aromatic heterocycles. The summed E-state index contributed by atoms with van der Waals surface area (Å²) in [5.74, 6) is 0. The molecule has 0 saturated carbocycles. The predicted octanol–water partition coefficient (Wildman–Crippen LogP) is 3.85. The van der Waals surface area contributed by atoms with Gasteiger partial charge in [0.15, 0.2) is 0 Å². The van der Waals surface area contributed by atoms with Gasteiger partial charge in [0.1, 0.15) is 0 Å². The molecule has 0 aromatic carbocycles. The van der Waals surface area contributed by atoms with Crippen molar-refractivity contribution in [1.29, 1.82) is 0 Å². The summed E-state index contributed by atoms with van der Waals surface area (Å²) in [6.07, 6.45) is 2.75. The summed E-state index contributed by atoms with van der Waals surface area (Å²) in [5.41, 5.74) is 0. The average molecular weight is 382 g/mol. The van der Waals surface area contributed by atoms with E-state index in [4.69, 9.17) is 0 Å². The Kier molecular flexibility index (Phi) is 5.49. The highest BCUT2D eigenvalue weighted by Crippen LogP contribution is 2.32. The van der Waals surface area contributed by atoms with Crippen molar-refractivity contribution >= 4 is 43.2 Å². The third-order valence-electron chi connectivity index (χ3n) is 3.05. The van der Waals surface area contributed by atoms with Crippen molar-refractivity contribution in [3.8, 4) is 0 Å². The minimum atomic E-state index is 0.563. The van der Waals surface area contributed by atoms with E-state index in [1.54, 1.807) is 11.3 Å². The summed E-state index contributed by atoms with van der Waals surface area (Å²) in [5, 5.41) is 3.59. The predicted molar refractivity (Wildman–Crippen MR) is 81.7 cm³/mol. The van der Waals surface area contributed by atoms with Gasteiger partial charge < -0.3 is 10.2 Å². The van der Waals surface area contributed by atoms with E-state index >= 15 is 0 Å². The second kappa shape index (κ2) is 6.66. The van der Waals surface area contributed by atoms with Gasteiger partial charge >= 0.3 is 0 Å². The first-order chi connectivity index (χ1) is 8.15. The summed E-state index contributed by atoms with van der Waals surface area (Å²) in [4.78, 5) is 3.93. The van der Waals surface area contributed by atoms with Crippen LogP contribution in [-0.2, 0) is 6.54 Å². The molecule has 1 unspecified atom stereocenters. The SMILES string of the molecule is CC(CN1CCCC1)NCc1cc(Br)c(Br)s1. The molecule has 1 aliphatic rings. The van der Waals surface area contributed by atoms with Crippen LogP contribution in [0.3, 0.4) is 0 Å². The first-order valence-electron chi connectivity index (χ1n) is 6.04. The van der Waals surface area contributed by atoms with Crippen LogP contribution in [0, 0.1) is 0 Å². The van der Waals surface area contributed by atoms with Gasteiger partial charge in [-0.25, -0.2) is 0 Å². The van der Waals surface area contributed by atoms with Gasteiger partial charge in [0.25, 0.3) is 0 Å². The van der Waals surface area contributed by atoms with Crippen molar-refractivity contribution in [2.24, 2.45) is 0 Å². The lowest BCUT2D eigenvalue weighted by Crippen LogP contribution is -2.37. The largest absolute Gasteiger partial charge is 0.308 e. The van der Waals surface area contributed by atoms with E-state index in [0.29, 0.717) is 6.04 Å². The molecule has 2 nitrogen and oxygen atoms in total. The highest BCUT2D eigenvalue weighted by atomic mass is 79.9. The van der Waals surface area contributed by atoms with Gasteiger partial charge in [0, 0.05) is 28.5 Å². The van der Waals surface area contributed by atoms with Crippen molar-refractivity contribution in [1.82, 2.24) is 10.2 Å². The summed E-state index contributed by atoms with van der Waals surface area (Å²) in [6, 6.07) is 2.75. The highest BCUT2D eigenvalue weighted by Gasteiger charge is 2.14. The normalized spacial score (nSPS) is 18.8. The van der Waals surface area contributed by atoms with Gasteiger partial charge in [-0.05, 0) is 70.8 Å². The van der Waals surface area contributed by atoms with Crippen LogP contribution in [-0.4, -0.2) is 30.6 Å². The lowest BCUT2D eigenvalue weighted by Gasteiger charge is -2.20. The fourth-order valence-electron chi connectivity index (χ4n) is 2.17. The van der Waals surface area contributed by atoms with Crippen molar-refractivity contribution < 1.29 is 0 Å². The Morgan fingerprint density at radius 2 is 2.12 bits per heavy atom. The Balaban J connectivity index is 1.73. The van der Waals surface area contributed by atoms with Gasteiger partial charge in [0.05, 0.1) is 3.79 Å². The van der Waals surface area contributed by atoms with Crippen molar-refractivity contribution in [3.05, 3.63) is 19.2 Å². The number of likely N-dealkylation sites (tertiary alicyclic amines) is 1. The fraction of sp³-hybridized carbons (Fsp3) is 0.667. The zero-order valence-electron chi connectivity index (χ0n) is 10.0. The first kappa shape index (κ1) is 14.0. The van der Waals surface area contributed by atoms with Crippen molar-refractivity contribution in [3.63, 3.8) is 0 Å². The van der Waals surface area contributed by atoms with Crippen LogP contribution in [0.2, 0.25) is 0 Å². The number of rotatable bonds is 5. The van der Waals surface area contributed by atoms with Crippen LogP contribution in [0.15, 0.2) is 14.3 Å². The number of nitrogens with one attached hydrogen (secondary N) is 1. The molecule has 0 aliphatic carbocycles. The zero-order chi connectivity index (χ0) is 12.3. The Morgan fingerprint density at radius 3 is 2.71 bits per heavy atom. The maximum atomic E-state index is 3.59. The fourth-order valence-corrected chi connectivity index (χ4v) is 4.30. The maximum absolute atomic E-state index is 3.59. The molecule has 0 bridgehead atoms. The molecule has 1 N–H and O–H groups in total. The molecule has 17 heavy (non-hydrogen) atoms. The second-order valence-corrected chi connectivity index (χ2v) is 7.93. The number of halogens is 2. The Bertz CT molecular complexity index is 342. The van der Waals surface area contributed by atoms with E-state index in [1.165, 1.54) is 41.1 Å². The summed E-state index contributed by atoms with van der Waals surface area (Å²) in [7, 11) is 0. The van der Waals surface area contributed by atoms with E-state index in [1.807, 2.05) is 0 Å². The van der Waals surface area contributed by atoms with E-state index in [2.05, 4.69) is 55.1 Å². The molecule has 1 saturated heterocycles. The van der Waals surface area contributed by atoms with Gasteiger partial charge in [-0.1, -0.05) is 0 Å². The highest BCUT2D eigenvalue weighted by molar-refractivity contribution is 9.13. The molecule has 1 atom stereocenters. The molecule has 2 heterocycles. The molecule has 96 valence electrons. The van der Waals surface area contributed by atoms with Gasteiger partial charge in [-0.3, -0.25) is 0 Å². The number of hydrogen-bond acceptors (Lipinski definition) is 3.